The van der Waals surface area contributed by atoms with E-state index in [1.165, 1.54) is 0 Å². The number of aryl methyl sites for hydroxylation is 1. The molecule has 0 heterocycles. The molecule has 0 radical (unpaired) electrons. The highest BCUT2D eigenvalue weighted by Gasteiger charge is 2.61. The summed E-state index contributed by atoms with van der Waals surface area (Å²) in [6.45, 7) is 1.55. The summed E-state index contributed by atoms with van der Waals surface area (Å²) in [5, 5.41) is -0.835. The minimum atomic E-state index is -5.84. The third-order valence-electron chi connectivity index (χ3n) is 1.70. The van der Waals surface area contributed by atoms with Gasteiger partial charge in [-0.25, -0.2) is 0 Å². The molecular weight excluding hydrogens is 290 g/mol. The van der Waals surface area contributed by atoms with Crippen LogP contribution in [0, 0.1) is 6.92 Å². The van der Waals surface area contributed by atoms with Gasteiger partial charge in [0.2, 0.25) is 0 Å². The molecule has 0 amide bonds. The van der Waals surface area contributed by atoms with Crippen molar-refractivity contribution in [2.45, 2.75) is 19.2 Å². The highest BCUT2D eigenvalue weighted by Crippen LogP contribution is 2.42. The van der Waals surface area contributed by atoms with Crippen LogP contribution >= 0.6 is 23.2 Å². The van der Waals surface area contributed by atoms with Gasteiger partial charge >= 0.3 is 12.3 Å². The van der Waals surface area contributed by atoms with Crippen LogP contribution in [0.5, 0.6) is 5.75 Å². The summed E-state index contributed by atoms with van der Waals surface area (Å²) in [6.07, 6.45) is -11.2. The maximum absolute atomic E-state index is 12.6. The van der Waals surface area contributed by atoms with Crippen molar-refractivity contribution in [2.75, 3.05) is 0 Å². The van der Waals surface area contributed by atoms with E-state index < -0.39 is 28.1 Å². The fraction of sp³-hybridized carbons (Fsp3) is 0.333. The molecule has 1 aromatic carbocycles. The largest absolute Gasteiger partial charge is 0.499 e. The van der Waals surface area contributed by atoms with Crippen LogP contribution in [0.3, 0.4) is 0 Å². The monoisotopic (exact) mass is 294 g/mol. The van der Waals surface area contributed by atoms with Crippen LogP contribution in [0.2, 0.25) is 10.0 Å². The SMILES string of the molecule is Cc1cc(Cl)c(OC(F)(F)C(F)(F)F)c(Cl)c1. The van der Waals surface area contributed by atoms with E-state index in [2.05, 4.69) is 4.74 Å². The normalized spacial score (nSPS) is 12.7. The number of hydrogen-bond acceptors (Lipinski definition) is 1. The Morgan fingerprint density at radius 2 is 1.41 bits per heavy atom. The summed E-state index contributed by atoms with van der Waals surface area (Å²) in [6, 6.07) is 2.32. The van der Waals surface area contributed by atoms with Gasteiger partial charge in [0.25, 0.3) is 0 Å². The first kappa shape index (κ1) is 14.3. The predicted octanol–water partition coefficient (Wildman–Crippen LogP) is 4.84. The maximum Gasteiger partial charge on any atom is 0.499 e. The van der Waals surface area contributed by atoms with Gasteiger partial charge in [-0.3, -0.25) is 0 Å². The van der Waals surface area contributed by atoms with E-state index in [4.69, 9.17) is 23.2 Å². The van der Waals surface area contributed by atoms with Gasteiger partial charge in [-0.2, -0.15) is 22.0 Å². The second kappa shape index (κ2) is 4.49. The van der Waals surface area contributed by atoms with Gasteiger partial charge in [-0.1, -0.05) is 23.2 Å². The van der Waals surface area contributed by atoms with Crippen LogP contribution in [0.4, 0.5) is 22.0 Å². The van der Waals surface area contributed by atoms with Gasteiger partial charge in [0.15, 0.2) is 5.75 Å². The maximum atomic E-state index is 12.6. The molecule has 0 saturated heterocycles. The van der Waals surface area contributed by atoms with E-state index in [0.29, 0.717) is 5.56 Å². The van der Waals surface area contributed by atoms with Crippen molar-refractivity contribution >= 4 is 23.2 Å². The molecule has 1 aromatic rings. The standard InChI is InChI=1S/C9H5Cl2F5O/c1-4-2-5(10)7(6(11)3-4)17-9(15,16)8(12,13)14/h2-3H,1H3. The van der Waals surface area contributed by atoms with Crippen LogP contribution in [0.25, 0.3) is 0 Å². The minimum absolute atomic E-state index is 0.418. The van der Waals surface area contributed by atoms with E-state index >= 15 is 0 Å². The Kier molecular flexibility index (Phi) is 3.78. The molecule has 0 aliphatic rings. The highest BCUT2D eigenvalue weighted by atomic mass is 35.5. The zero-order valence-corrected chi connectivity index (χ0v) is 9.72. The van der Waals surface area contributed by atoms with Gasteiger partial charge in [0.1, 0.15) is 0 Å². The van der Waals surface area contributed by atoms with Gasteiger partial charge < -0.3 is 4.74 Å². The topological polar surface area (TPSA) is 9.23 Å². The zero-order valence-electron chi connectivity index (χ0n) is 8.21. The molecule has 1 rings (SSSR count). The molecule has 0 fully saturated rings. The molecule has 17 heavy (non-hydrogen) atoms. The van der Waals surface area contributed by atoms with E-state index in [9.17, 15) is 22.0 Å². The first-order valence-corrected chi connectivity index (χ1v) is 4.89. The molecule has 0 unspecified atom stereocenters. The first-order chi connectivity index (χ1) is 7.54. The molecular formula is C9H5Cl2F5O. The molecule has 8 heteroatoms. The molecule has 0 saturated carbocycles. The molecule has 0 atom stereocenters. The highest BCUT2D eigenvalue weighted by molar-refractivity contribution is 6.37. The number of hydrogen-bond donors (Lipinski definition) is 0. The van der Waals surface area contributed by atoms with E-state index in [0.717, 1.165) is 12.1 Å². The third-order valence-corrected chi connectivity index (χ3v) is 2.26. The molecule has 0 aliphatic heterocycles. The number of rotatable bonds is 2. The molecule has 1 nitrogen and oxygen atoms in total. The second-order valence-electron chi connectivity index (χ2n) is 3.17. The zero-order chi connectivity index (χ0) is 13.4. The predicted molar refractivity (Wildman–Crippen MR) is 52.8 cm³/mol. The third kappa shape index (κ3) is 3.13. The number of halogens is 7. The number of benzene rings is 1. The molecule has 96 valence electrons. The Hall–Kier alpha value is -0.750. The smallest absolute Gasteiger partial charge is 0.423 e. The van der Waals surface area contributed by atoms with E-state index in [1.807, 2.05) is 0 Å². The lowest BCUT2D eigenvalue weighted by Gasteiger charge is -2.21. The average molecular weight is 295 g/mol. The summed E-state index contributed by atoms with van der Waals surface area (Å²) >= 11 is 11.0. The van der Waals surface area contributed by atoms with Crippen LogP contribution in [0.1, 0.15) is 5.56 Å². The van der Waals surface area contributed by atoms with Crippen molar-refractivity contribution in [2.24, 2.45) is 0 Å². The van der Waals surface area contributed by atoms with Crippen LogP contribution < -0.4 is 4.74 Å². The van der Waals surface area contributed by atoms with E-state index in [1.54, 1.807) is 6.92 Å². The number of ether oxygens (including phenoxy) is 1. The summed E-state index contributed by atoms with van der Waals surface area (Å²) in [4.78, 5) is 0. The minimum Gasteiger partial charge on any atom is -0.423 e. The quantitative estimate of drug-likeness (QED) is 0.710. The summed E-state index contributed by atoms with van der Waals surface area (Å²) < 4.78 is 64.5. The van der Waals surface area contributed by atoms with Crippen LogP contribution in [-0.4, -0.2) is 12.3 Å². The molecule has 0 spiro atoms. The van der Waals surface area contributed by atoms with Crippen molar-refractivity contribution in [1.29, 1.82) is 0 Å². The Bertz CT molecular complexity index is 407. The van der Waals surface area contributed by atoms with Crippen molar-refractivity contribution < 1.29 is 26.7 Å². The Labute approximate surface area is 103 Å². The van der Waals surface area contributed by atoms with Crippen molar-refractivity contribution in [3.8, 4) is 5.75 Å². The lowest BCUT2D eigenvalue weighted by atomic mass is 10.2. The Balaban J connectivity index is 3.13. The molecule has 0 N–H and O–H groups in total. The summed E-state index contributed by atoms with van der Waals surface area (Å²) in [7, 11) is 0. The van der Waals surface area contributed by atoms with E-state index in [-0.39, 0.29) is 0 Å². The molecule has 0 aromatic heterocycles. The van der Waals surface area contributed by atoms with Crippen LogP contribution in [-0.2, 0) is 0 Å². The van der Waals surface area contributed by atoms with Gasteiger partial charge in [0.05, 0.1) is 10.0 Å². The summed E-state index contributed by atoms with van der Waals surface area (Å²) in [5.74, 6) is -0.902. The lowest BCUT2D eigenvalue weighted by Crippen LogP contribution is -2.42. The number of alkyl halides is 5. The second-order valence-corrected chi connectivity index (χ2v) is 3.99. The average Bonchev–Trinajstić information content (AvgIpc) is 2.09. The van der Waals surface area contributed by atoms with Crippen molar-refractivity contribution in [3.63, 3.8) is 0 Å². The van der Waals surface area contributed by atoms with Crippen molar-refractivity contribution in [3.05, 3.63) is 27.7 Å². The summed E-state index contributed by atoms with van der Waals surface area (Å²) in [5.41, 5.74) is 0.502. The first-order valence-electron chi connectivity index (χ1n) is 4.14. The van der Waals surface area contributed by atoms with Gasteiger partial charge in [-0.15, -0.1) is 0 Å². The Morgan fingerprint density at radius 1 is 1.00 bits per heavy atom. The fourth-order valence-electron chi connectivity index (χ4n) is 0.970. The molecule has 0 aliphatic carbocycles. The van der Waals surface area contributed by atoms with Gasteiger partial charge in [-0.05, 0) is 24.6 Å². The van der Waals surface area contributed by atoms with Crippen LogP contribution in [0.15, 0.2) is 12.1 Å². The Morgan fingerprint density at radius 3 is 1.76 bits per heavy atom. The lowest BCUT2D eigenvalue weighted by molar-refractivity contribution is -0.360. The molecule has 0 bridgehead atoms. The van der Waals surface area contributed by atoms with Gasteiger partial charge in [0, 0.05) is 0 Å². The van der Waals surface area contributed by atoms with Crippen molar-refractivity contribution in [1.82, 2.24) is 0 Å². The fourth-order valence-corrected chi connectivity index (χ4v) is 1.64.